The van der Waals surface area contributed by atoms with Gasteiger partial charge in [-0.3, -0.25) is 0 Å². The summed E-state index contributed by atoms with van der Waals surface area (Å²) in [6, 6.07) is 5.52. The Morgan fingerprint density at radius 3 is 2.18 bits per heavy atom. The molecular weight excluding hydrogens is 290 g/mol. The molecule has 0 N–H and O–H groups in total. The lowest BCUT2D eigenvalue weighted by Crippen LogP contribution is -2.21. The van der Waals surface area contributed by atoms with Crippen molar-refractivity contribution in [1.82, 2.24) is 0 Å². The van der Waals surface area contributed by atoms with E-state index in [1.807, 2.05) is 12.1 Å². The molecule has 0 aliphatic heterocycles. The van der Waals surface area contributed by atoms with Gasteiger partial charge in [0.05, 0.1) is 4.47 Å². The normalized spacial score (nSPS) is 12.6. The van der Waals surface area contributed by atoms with Crippen molar-refractivity contribution in [3.63, 3.8) is 0 Å². The molecule has 4 heteroatoms. The standard InChI is InChI=1S/C13H17BrF2O/c1-12(2,3)9-5-6-11(10(14)7-9)17-8-13(4,15)16/h5-7H,8H2,1-4H3. The molecule has 0 aliphatic rings. The molecule has 0 fully saturated rings. The average molecular weight is 307 g/mol. The fourth-order valence-electron chi connectivity index (χ4n) is 1.29. The van der Waals surface area contributed by atoms with E-state index in [0.29, 0.717) is 10.2 Å². The van der Waals surface area contributed by atoms with Gasteiger partial charge in [-0.1, -0.05) is 26.8 Å². The number of halogens is 3. The van der Waals surface area contributed by atoms with Crippen LogP contribution in [0.2, 0.25) is 0 Å². The second-order valence-electron chi connectivity index (χ2n) is 5.25. The van der Waals surface area contributed by atoms with E-state index < -0.39 is 12.5 Å². The monoisotopic (exact) mass is 306 g/mol. The summed E-state index contributed by atoms with van der Waals surface area (Å²) >= 11 is 3.34. The van der Waals surface area contributed by atoms with E-state index in [-0.39, 0.29) is 5.41 Å². The minimum Gasteiger partial charge on any atom is -0.486 e. The summed E-state index contributed by atoms with van der Waals surface area (Å²) in [5.74, 6) is -2.37. The first-order valence-electron chi connectivity index (χ1n) is 5.40. The highest BCUT2D eigenvalue weighted by Crippen LogP contribution is 2.32. The molecule has 17 heavy (non-hydrogen) atoms. The second kappa shape index (κ2) is 4.92. The van der Waals surface area contributed by atoms with Gasteiger partial charge < -0.3 is 4.74 Å². The predicted octanol–water partition coefficient (Wildman–Crippen LogP) is 4.78. The number of ether oxygens (including phenoxy) is 1. The highest BCUT2D eigenvalue weighted by Gasteiger charge is 2.23. The van der Waals surface area contributed by atoms with Crippen LogP contribution in [0.15, 0.2) is 22.7 Å². The van der Waals surface area contributed by atoms with Crippen LogP contribution >= 0.6 is 15.9 Å². The Balaban J connectivity index is 2.84. The van der Waals surface area contributed by atoms with E-state index in [9.17, 15) is 8.78 Å². The molecule has 0 atom stereocenters. The van der Waals surface area contributed by atoms with Crippen molar-refractivity contribution in [2.75, 3.05) is 6.61 Å². The molecule has 1 aromatic rings. The van der Waals surface area contributed by atoms with Crippen molar-refractivity contribution in [3.05, 3.63) is 28.2 Å². The second-order valence-corrected chi connectivity index (χ2v) is 6.11. The average Bonchev–Trinajstić information content (AvgIpc) is 2.12. The first kappa shape index (κ1) is 14.4. The molecule has 1 aromatic carbocycles. The van der Waals surface area contributed by atoms with Gasteiger partial charge in [0.25, 0.3) is 5.92 Å². The van der Waals surface area contributed by atoms with Gasteiger partial charge in [-0.2, -0.15) is 0 Å². The quantitative estimate of drug-likeness (QED) is 0.781. The molecule has 0 aliphatic carbocycles. The van der Waals surface area contributed by atoms with Crippen molar-refractivity contribution in [3.8, 4) is 5.75 Å². The minimum atomic E-state index is -2.82. The van der Waals surface area contributed by atoms with Crippen LogP contribution in [0, 0.1) is 0 Å². The van der Waals surface area contributed by atoms with E-state index in [1.165, 1.54) is 0 Å². The van der Waals surface area contributed by atoms with Crippen LogP contribution in [0.4, 0.5) is 8.78 Å². The molecule has 0 saturated carbocycles. The van der Waals surface area contributed by atoms with Crippen LogP contribution in [0.1, 0.15) is 33.3 Å². The molecule has 0 radical (unpaired) electrons. The van der Waals surface area contributed by atoms with Crippen molar-refractivity contribution < 1.29 is 13.5 Å². The largest absolute Gasteiger partial charge is 0.486 e. The van der Waals surface area contributed by atoms with Crippen molar-refractivity contribution in [2.24, 2.45) is 0 Å². The number of hydrogen-bond donors (Lipinski definition) is 0. The number of alkyl halides is 2. The van der Waals surface area contributed by atoms with Crippen LogP contribution in [0.5, 0.6) is 5.75 Å². The lowest BCUT2D eigenvalue weighted by Gasteiger charge is -2.20. The Labute approximate surface area is 109 Å². The van der Waals surface area contributed by atoms with E-state index in [2.05, 4.69) is 36.7 Å². The molecule has 0 saturated heterocycles. The number of benzene rings is 1. The SMILES string of the molecule is CC(F)(F)COc1ccc(C(C)(C)C)cc1Br. The van der Waals surface area contributed by atoms with Gasteiger partial charge in [-0.05, 0) is 39.0 Å². The summed E-state index contributed by atoms with van der Waals surface area (Å²) in [6.07, 6.45) is 0. The Morgan fingerprint density at radius 1 is 1.18 bits per heavy atom. The molecule has 1 rings (SSSR count). The van der Waals surface area contributed by atoms with E-state index >= 15 is 0 Å². The van der Waals surface area contributed by atoms with Gasteiger partial charge in [0.2, 0.25) is 0 Å². The van der Waals surface area contributed by atoms with Crippen molar-refractivity contribution in [1.29, 1.82) is 0 Å². The van der Waals surface area contributed by atoms with Crippen LogP contribution in [0.25, 0.3) is 0 Å². The Hall–Kier alpha value is -0.640. The van der Waals surface area contributed by atoms with Crippen LogP contribution in [-0.2, 0) is 5.41 Å². The number of rotatable bonds is 3. The lowest BCUT2D eigenvalue weighted by molar-refractivity contribution is -0.0231. The minimum absolute atomic E-state index is 0.0236. The third-order valence-electron chi connectivity index (χ3n) is 2.28. The third kappa shape index (κ3) is 4.62. The fraction of sp³-hybridized carbons (Fsp3) is 0.538. The zero-order valence-corrected chi connectivity index (χ0v) is 12.1. The molecule has 1 nitrogen and oxygen atoms in total. The maximum atomic E-state index is 12.7. The van der Waals surface area contributed by atoms with E-state index in [0.717, 1.165) is 12.5 Å². The summed E-state index contributed by atoms with van der Waals surface area (Å²) in [6.45, 7) is 6.51. The van der Waals surface area contributed by atoms with E-state index in [1.54, 1.807) is 6.07 Å². The zero-order chi connectivity index (χ0) is 13.3. The highest BCUT2D eigenvalue weighted by molar-refractivity contribution is 9.10. The lowest BCUT2D eigenvalue weighted by atomic mass is 9.87. The summed E-state index contributed by atoms with van der Waals surface area (Å²) < 4.78 is 31.1. The number of hydrogen-bond acceptors (Lipinski definition) is 1. The molecule has 0 heterocycles. The first-order valence-corrected chi connectivity index (χ1v) is 6.19. The van der Waals surface area contributed by atoms with Gasteiger partial charge in [0, 0.05) is 6.92 Å². The van der Waals surface area contributed by atoms with Crippen LogP contribution < -0.4 is 4.74 Å². The summed E-state index contributed by atoms with van der Waals surface area (Å²) in [5.41, 5.74) is 1.15. The molecule has 0 amide bonds. The molecule has 0 aromatic heterocycles. The molecule has 0 unspecified atom stereocenters. The highest BCUT2D eigenvalue weighted by atomic mass is 79.9. The third-order valence-corrected chi connectivity index (χ3v) is 2.90. The van der Waals surface area contributed by atoms with Gasteiger partial charge in [0.15, 0.2) is 6.61 Å². The molecule has 96 valence electrons. The van der Waals surface area contributed by atoms with Crippen LogP contribution in [0.3, 0.4) is 0 Å². The van der Waals surface area contributed by atoms with Gasteiger partial charge in [-0.25, -0.2) is 8.78 Å². The predicted molar refractivity (Wildman–Crippen MR) is 69.0 cm³/mol. The smallest absolute Gasteiger partial charge is 0.278 e. The Morgan fingerprint density at radius 2 is 1.76 bits per heavy atom. The molecule has 0 bridgehead atoms. The zero-order valence-electron chi connectivity index (χ0n) is 10.5. The summed E-state index contributed by atoms with van der Waals surface area (Å²) in [5, 5.41) is 0. The Kier molecular flexibility index (Phi) is 4.18. The van der Waals surface area contributed by atoms with Crippen LogP contribution in [-0.4, -0.2) is 12.5 Å². The maximum absolute atomic E-state index is 12.7. The van der Waals surface area contributed by atoms with Gasteiger partial charge >= 0.3 is 0 Å². The topological polar surface area (TPSA) is 9.23 Å². The first-order chi connectivity index (χ1) is 7.59. The maximum Gasteiger partial charge on any atom is 0.278 e. The molecule has 0 spiro atoms. The van der Waals surface area contributed by atoms with Gasteiger partial charge in [-0.15, -0.1) is 0 Å². The van der Waals surface area contributed by atoms with E-state index in [4.69, 9.17) is 4.74 Å². The van der Waals surface area contributed by atoms with Crippen molar-refractivity contribution in [2.45, 2.75) is 39.0 Å². The Bertz CT molecular complexity index is 391. The summed E-state index contributed by atoms with van der Waals surface area (Å²) in [7, 11) is 0. The molecular formula is C13H17BrF2O. The summed E-state index contributed by atoms with van der Waals surface area (Å²) in [4.78, 5) is 0. The van der Waals surface area contributed by atoms with Gasteiger partial charge in [0.1, 0.15) is 5.75 Å². The van der Waals surface area contributed by atoms with Crippen molar-refractivity contribution >= 4 is 15.9 Å². The fourth-order valence-corrected chi connectivity index (χ4v) is 1.78.